The monoisotopic (exact) mass is 748 g/mol. The largest absolute Gasteiger partial charge is 0.463 e. The normalized spacial score (nSPS) is 28.2. The third-order valence-electron chi connectivity index (χ3n) is 6.83. The Balaban J connectivity index is 2.67. The first-order valence-corrected chi connectivity index (χ1v) is 15.8. The number of esters is 8. The quantitative estimate of drug-likeness (QED) is 0.0854. The van der Waals surface area contributed by atoms with Gasteiger partial charge < -0.3 is 56.8 Å². The zero-order valence-corrected chi connectivity index (χ0v) is 30.0. The van der Waals surface area contributed by atoms with E-state index in [-0.39, 0.29) is 18.8 Å². The van der Waals surface area contributed by atoms with Gasteiger partial charge in [-0.2, -0.15) is 0 Å². The van der Waals surface area contributed by atoms with E-state index in [1.807, 2.05) is 0 Å². The number of hydrogen-bond acceptors (Lipinski definition) is 20. The van der Waals surface area contributed by atoms with E-state index in [4.69, 9.17) is 56.8 Å². The first-order chi connectivity index (χ1) is 24.3. The first-order valence-electron chi connectivity index (χ1n) is 15.8. The molecule has 2 fully saturated rings. The van der Waals surface area contributed by atoms with E-state index >= 15 is 0 Å². The Morgan fingerprint density at radius 1 is 0.462 bits per heavy atom. The van der Waals surface area contributed by atoms with Gasteiger partial charge in [-0.3, -0.25) is 33.6 Å². The van der Waals surface area contributed by atoms with Crippen LogP contribution in [-0.2, 0) is 95.2 Å². The van der Waals surface area contributed by atoms with E-state index in [1.54, 1.807) is 0 Å². The molecule has 0 amide bonds. The molecule has 1 unspecified atom stereocenters. The van der Waals surface area contributed by atoms with Crippen LogP contribution < -0.4 is 0 Å². The van der Waals surface area contributed by atoms with E-state index in [0.717, 1.165) is 48.5 Å². The molecule has 0 aliphatic carbocycles. The van der Waals surface area contributed by atoms with Gasteiger partial charge in [0.05, 0.1) is 6.61 Å². The van der Waals surface area contributed by atoms with Crippen LogP contribution in [0.3, 0.4) is 0 Å². The van der Waals surface area contributed by atoms with Gasteiger partial charge in [-0.1, -0.05) is 6.58 Å². The second-order valence-corrected chi connectivity index (χ2v) is 11.4. The lowest BCUT2D eigenvalue weighted by atomic mass is 9.96. The minimum absolute atomic E-state index is 0.116. The summed E-state index contributed by atoms with van der Waals surface area (Å²) in [6.45, 7) is 10.4. The molecule has 0 radical (unpaired) electrons. The lowest BCUT2D eigenvalue weighted by Crippen LogP contribution is -2.67. The highest BCUT2D eigenvalue weighted by Crippen LogP contribution is 2.35. The molecule has 2 rings (SSSR count). The van der Waals surface area contributed by atoms with Crippen molar-refractivity contribution < 1.29 is 95.2 Å². The highest BCUT2D eigenvalue weighted by molar-refractivity contribution is 5.86. The first kappa shape index (κ1) is 43.5. The molecule has 0 bridgehead atoms. The summed E-state index contributed by atoms with van der Waals surface area (Å²) >= 11 is 0. The fraction of sp³-hybridized carbons (Fsp3) is 0.688. The van der Waals surface area contributed by atoms with Gasteiger partial charge in [0.15, 0.2) is 43.1 Å². The van der Waals surface area contributed by atoms with Gasteiger partial charge in [-0.05, 0) is 6.92 Å². The van der Waals surface area contributed by atoms with E-state index in [9.17, 15) is 38.4 Å². The molecule has 0 aromatic rings. The number of carbonyl (C=O) groups excluding carboxylic acids is 8. The molecule has 20 nitrogen and oxygen atoms in total. The molecule has 2 saturated heterocycles. The number of hydrogen-bond donors (Lipinski definition) is 0. The van der Waals surface area contributed by atoms with E-state index in [1.165, 1.54) is 6.92 Å². The summed E-state index contributed by atoms with van der Waals surface area (Å²) in [6, 6.07) is 0. The summed E-state index contributed by atoms with van der Waals surface area (Å²) in [5.74, 6) is -6.79. The van der Waals surface area contributed by atoms with Crippen molar-refractivity contribution in [1.29, 1.82) is 0 Å². The minimum atomic E-state index is -1.83. The van der Waals surface area contributed by atoms with Crippen LogP contribution in [0.15, 0.2) is 12.2 Å². The zero-order valence-electron chi connectivity index (χ0n) is 30.0. The number of rotatable bonds is 16. The van der Waals surface area contributed by atoms with Crippen molar-refractivity contribution in [2.75, 3.05) is 26.4 Å². The molecule has 292 valence electrons. The van der Waals surface area contributed by atoms with Crippen molar-refractivity contribution >= 4 is 47.8 Å². The number of carbonyl (C=O) groups is 8. The van der Waals surface area contributed by atoms with Gasteiger partial charge in [0.2, 0.25) is 0 Å². The molecule has 2 heterocycles. The lowest BCUT2D eigenvalue weighted by molar-refractivity contribution is -0.361. The summed E-state index contributed by atoms with van der Waals surface area (Å²) in [7, 11) is 0. The molecule has 2 aliphatic rings. The Bertz CT molecular complexity index is 1340. The average Bonchev–Trinajstić information content (AvgIpc) is 3.01. The van der Waals surface area contributed by atoms with Gasteiger partial charge in [-0.15, -0.1) is 0 Å². The molecule has 0 aromatic carbocycles. The maximum absolute atomic E-state index is 12.5. The average molecular weight is 749 g/mol. The second-order valence-electron chi connectivity index (χ2n) is 11.4. The maximum Gasteiger partial charge on any atom is 0.333 e. The van der Waals surface area contributed by atoms with Crippen LogP contribution in [0, 0.1) is 0 Å². The highest BCUT2D eigenvalue weighted by Gasteiger charge is 2.57. The number of ether oxygens (including phenoxy) is 12. The molecule has 20 heteroatoms. The van der Waals surface area contributed by atoms with Crippen molar-refractivity contribution in [3.05, 3.63) is 12.2 Å². The Hall–Kier alpha value is -4.66. The maximum atomic E-state index is 12.5. The van der Waals surface area contributed by atoms with Gasteiger partial charge in [0.25, 0.3) is 0 Å². The smallest absolute Gasteiger partial charge is 0.333 e. The summed E-state index contributed by atoms with van der Waals surface area (Å²) in [5.41, 5.74) is 0.116. The summed E-state index contributed by atoms with van der Waals surface area (Å²) in [6.07, 6.45) is -16.0. The molecule has 52 heavy (non-hydrogen) atoms. The van der Waals surface area contributed by atoms with Crippen molar-refractivity contribution in [1.82, 2.24) is 0 Å². The predicted molar refractivity (Wildman–Crippen MR) is 165 cm³/mol. The highest BCUT2D eigenvalue weighted by atomic mass is 16.8. The van der Waals surface area contributed by atoms with E-state index in [2.05, 4.69) is 6.58 Å². The van der Waals surface area contributed by atoms with Crippen molar-refractivity contribution in [2.24, 2.45) is 0 Å². The van der Waals surface area contributed by atoms with Gasteiger partial charge >= 0.3 is 47.8 Å². The van der Waals surface area contributed by atoms with Crippen molar-refractivity contribution in [3.8, 4) is 0 Å². The van der Waals surface area contributed by atoms with E-state index in [0.29, 0.717) is 0 Å². The van der Waals surface area contributed by atoms with Crippen molar-refractivity contribution in [3.63, 3.8) is 0 Å². The minimum Gasteiger partial charge on any atom is -0.463 e. The van der Waals surface area contributed by atoms with Crippen LogP contribution in [0.4, 0.5) is 0 Å². The van der Waals surface area contributed by atoms with Crippen LogP contribution in [-0.4, -0.2) is 136 Å². The van der Waals surface area contributed by atoms with Crippen LogP contribution >= 0.6 is 0 Å². The Labute approximate surface area is 298 Å². The van der Waals surface area contributed by atoms with Crippen molar-refractivity contribution in [2.45, 2.75) is 117 Å². The predicted octanol–water partition coefficient (Wildman–Crippen LogP) is -0.258. The van der Waals surface area contributed by atoms with Gasteiger partial charge in [-0.25, -0.2) is 4.79 Å². The fourth-order valence-electron chi connectivity index (χ4n) is 5.03. The zero-order chi connectivity index (χ0) is 39.3. The van der Waals surface area contributed by atoms with Crippen LogP contribution in [0.5, 0.6) is 0 Å². The molecule has 10 atom stereocenters. The molecule has 2 aliphatic heterocycles. The van der Waals surface area contributed by atoms with Crippen LogP contribution in [0.25, 0.3) is 0 Å². The van der Waals surface area contributed by atoms with Crippen LogP contribution in [0.2, 0.25) is 0 Å². The molecule has 0 spiro atoms. The molecule has 0 N–H and O–H groups in total. The lowest BCUT2D eigenvalue weighted by Gasteiger charge is -2.48. The Kier molecular flexibility index (Phi) is 17.1. The van der Waals surface area contributed by atoms with Gasteiger partial charge in [0.1, 0.15) is 38.1 Å². The van der Waals surface area contributed by atoms with E-state index < -0.39 is 122 Å². The summed E-state index contributed by atoms with van der Waals surface area (Å²) in [4.78, 5) is 97.1. The molecule has 0 saturated carbocycles. The SMILES string of the molecule is C=C(C)C(=O)OCCOC1O[C@H](COC(C)=O)[C@@H](O[C@@H]2O[C@H](COC(C)=O)[C@H](OC(C)=O)[C@H](OC(C)=O)[C@H]2OC(C)=O)[C@H](OC(C)=O)[C@H]1OC(C)=O. The Morgan fingerprint density at radius 3 is 1.29 bits per heavy atom. The van der Waals surface area contributed by atoms with Gasteiger partial charge in [0, 0.05) is 54.0 Å². The standard InChI is InChI=1S/C32H44O20/c1-14(2)30(40)41-10-11-42-31-28(48-20(8)38)27(47-19(7)37)25(23(50-31)13-44-16(4)34)52-32-29(49-21(9)39)26(46-18(6)36)24(45-17(5)35)22(51-32)12-43-15(3)33/h22-29,31-32H,1,10-13H2,2-9H3/t22-,23-,24+,25-,26+,27+,28-,29-,31?,32+/m1/s1. The third-order valence-corrected chi connectivity index (χ3v) is 6.83. The van der Waals surface area contributed by atoms with Crippen LogP contribution in [0.1, 0.15) is 55.4 Å². The molecular weight excluding hydrogens is 704 g/mol. The topological polar surface area (TPSA) is 247 Å². The summed E-state index contributed by atoms with van der Waals surface area (Å²) < 4.78 is 66.6. The molecular formula is C32H44O20. The molecule has 0 aromatic heterocycles. The fourth-order valence-corrected chi connectivity index (χ4v) is 5.03. The summed E-state index contributed by atoms with van der Waals surface area (Å²) in [5, 5.41) is 0. The Morgan fingerprint density at radius 2 is 0.846 bits per heavy atom. The third kappa shape index (κ3) is 13.8. The second kappa shape index (κ2) is 20.4.